The van der Waals surface area contributed by atoms with E-state index in [0.29, 0.717) is 18.7 Å². The zero-order valence-electron chi connectivity index (χ0n) is 10.8. The standard InChI is InChI=1S/C14H17N3O2/c1-3-8-16-10-14(19)17-12-6-4-11(5-7-12)9-13(18)15-2/h1,4-7,16H,8-10H2,2H3,(H,15,18)(H,17,19). The van der Waals surface area contributed by atoms with E-state index in [4.69, 9.17) is 6.42 Å². The van der Waals surface area contributed by atoms with E-state index in [-0.39, 0.29) is 18.4 Å². The second-order valence-corrected chi connectivity index (χ2v) is 3.90. The Balaban J connectivity index is 2.46. The molecule has 0 unspecified atom stereocenters. The lowest BCUT2D eigenvalue weighted by atomic mass is 10.1. The van der Waals surface area contributed by atoms with Crippen molar-refractivity contribution >= 4 is 17.5 Å². The normalized spacial score (nSPS) is 9.47. The predicted molar refractivity (Wildman–Crippen MR) is 74.5 cm³/mol. The first-order chi connectivity index (χ1) is 9.15. The van der Waals surface area contributed by atoms with Crippen LogP contribution in [0.1, 0.15) is 5.56 Å². The Morgan fingerprint density at radius 2 is 1.89 bits per heavy atom. The summed E-state index contributed by atoms with van der Waals surface area (Å²) in [5, 5.41) is 8.08. The Morgan fingerprint density at radius 3 is 2.47 bits per heavy atom. The highest BCUT2D eigenvalue weighted by molar-refractivity contribution is 5.92. The second-order valence-electron chi connectivity index (χ2n) is 3.90. The van der Waals surface area contributed by atoms with Crippen LogP contribution in [0.15, 0.2) is 24.3 Å². The summed E-state index contributed by atoms with van der Waals surface area (Å²) in [5.41, 5.74) is 1.58. The molecule has 1 rings (SSSR count). The maximum absolute atomic E-state index is 11.5. The number of terminal acetylenes is 1. The van der Waals surface area contributed by atoms with Crippen molar-refractivity contribution in [3.05, 3.63) is 29.8 Å². The molecule has 1 aromatic carbocycles. The molecule has 3 N–H and O–H groups in total. The monoisotopic (exact) mass is 259 g/mol. The molecule has 100 valence electrons. The maximum Gasteiger partial charge on any atom is 0.238 e. The maximum atomic E-state index is 11.5. The first-order valence-electron chi connectivity index (χ1n) is 5.89. The highest BCUT2D eigenvalue weighted by Crippen LogP contribution is 2.09. The molecule has 0 bridgehead atoms. The van der Waals surface area contributed by atoms with Crippen molar-refractivity contribution < 1.29 is 9.59 Å². The SMILES string of the molecule is C#CCNCC(=O)Nc1ccc(CC(=O)NC)cc1. The molecule has 0 saturated carbocycles. The highest BCUT2D eigenvalue weighted by Gasteiger charge is 2.03. The summed E-state index contributed by atoms with van der Waals surface area (Å²) in [7, 11) is 1.60. The van der Waals surface area contributed by atoms with Crippen LogP contribution in [0, 0.1) is 12.3 Å². The molecule has 0 atom stereocenters. The number of carbonyl (C=O) groups is 2. The highest BCUT2D eigenvalue weighted by atomic mass is 16.2. The molecule has 0 aliphatic heterocycles. The van der Waals surface area contributed by atoms with Gasteiger partial charge in [-0.3, -0.25) is 14.9 Å². The van der Waals surface area contributed by atoms with Crippen LogP contribution in [0.25, 0.3) is 0 Å². The second kappa shape index (κ2) is 7.90. The average molecular weight is 259 g/mol. The summed E-state index contributed by atoms with van der Waals surface area (Å²) in [6.07, 6.45) is 5.39. The third-order valence-electron chi connectivity index (χ3n) is 2.39. The van der Waals surface area contributed by atoms with Crippen molar-refractivity contribution in [1.82, 2.24) is 10.6 Å². The average Bonchev–Trinajstić information content (AvgIpc) is 2.41. The molecule has 0 saturated heterocycles. The lowest BCUT2D eigenvalue weighted by Gasteiger charge is -2.06. The minimum absolute atomic E-state index is 0.0460. The largest absolute Gasteiger partial charge is 0.359 e. The number of benzene rings is 1. The molecule has 19 heavy (non-hydrogen) atoms. The smallest absolute Gasteiger partial charge is 0.238 e. The number of likely N-dealkylation sites (N-methyl/N-ethyl adjacent to an activating group) is 1. The summed E-state index contributed by atoms with van der Waals surface area (Å²) in [5.74, 6) is 2.19. The number of amides is 2. The van der Waals surface area contributed by atoms with E-state index in [9.17, 15) is 9.59 Å². The van der Waals surface area contributed by atoms with Gasteiger partial charge in [-0.1, -0.05) is 18.1 Å². The zero-order chi connectivity index (χ0) is 14.1. The topological polar surface area (TPSA) is 70.2 Å². The van der Waals surface area contributed by atoms with Gasteiger partial charge in [0.05, 0.1) is 19.5 Å². The molecule has 5 nitrogen and oxygen atoms in total. The first-order valence-corrected chi connectivity index (χ1v) is 5.89. The first kappa shape index (κ1) is 14.7. The molecule has 0 aliphatic carbocycles. The van der Waals surface area contributed by atoms with Gasteiger partial charge < -0.3 is 10.6 Å². The van der Waals surface area contributed by atoms with Gasteiger partial charge in [0.15, 0.2) is 0 Å². The summed E-state index contributed by atoms with van der Waals surface area (Å²) in [4.78, 5) is 22.7. The Labute approximate surface area is 112 Å². The number of hydrogen-bond acceptors (Lipinski definition) is 3. The van der Waals surface area contributed by atoms with Gasteiger partial charge >= 0.3 is 0 Å². The Hall–Kier alpha value is -2.32. The van der Waals surface area contributed by atoms with Crippen molar-refractivity contribution in [2.75, 3.05) is 25.5 Å². The Bertz CT molecular complexity index is 474. The van der Waals surface area contributed by atoms with Crippen LogP contribution in [0.5, 0.6) is 0 Å². The van der Waals surface area contributed by atoms with Gasteiger partial charge in [-0.15, -0.1) is 6.42 Å². The van der Waals surface area contributed by atoms with Gasteiger partial charge in [0.25, 0.3) is 0 Å². The van der Waals surface area contributed by atoms with Gasteiger partial charge in [0, 0.05) is 12.7 Å². The number of carbonyl (C=O) groups excluding carboxylic acids is 2. The molecular formula is C14H17N3O2. The van der Waals surface area contributed by atoms with Gasteiger partial charge in [0.2, 0.25) is 11.8 Å². The summed E-state index contributed by atoms with van der Waals surface area (Å²) < 4.78 is 0. The van der Waals surface area contributed by atoms with Crippen LogP contribution in [0.2, 0.25) is 0 Å². The van der Waals surface area contributed by atoms with Crippen LogP contribution in [-0.4, -0.2) is 32.0 Å². The fourth-order valence-corrected chi connectivity index (χ4v) is 1.43. The predicted octanol–water partition coefficient (Wildman–Crippen LogP) is 0.136. The van der Waals surface area contributed by atoms with Gasteiger partial charge in [-0.25, -0.2) is 0 Å². The van der Waals surface area contributed by atoms with Gasteiger partial charge in [-0.2, -0.15) is 0 Å². The summed E-state index contributed by atoms with van der Waals surface area (Å²) >= 11 is 0. The van der Waals surface area contributed by atoms with E-state index in [1.165, 1.54) is 0 Å². The van der Waals surface area contributed by atoms with Crippen LogP contribution in [-0.2, 0) is 16.0 Å². The number of hydrogen-bond donors (Lipinski definition) is 3. The van der Waals surface area contributed by atoms with Crippen LogP contribution < -0.4 is 16.0 Å². The van der Waals surface area contributed by atoms with Gasteiger partial charge in [-0.05, 0) is 17.7 Å². The Kier molecular flexibility index (Phi) is 6.13. The fourth-order valence-electron chi connectivity index (χ4n) is 1.43. The van der Waals surface area contributed by atoms with Crippen molar-refractivity contribution in [2.45, 2.75) is 6.42 Å². The molecule has 0 aromatic heterocycles. The number of anilines is 1. The van der Waals surface area contributed by atoms with E-state index in [1.54, 1.807) is 31.3 Å². The van der Waals surface area contributed by atoms with Crippen LogP contribution in [0.3, 0.4) is 0 Å². The summed E-state index contributed by atoms with van der Waals surface area (Å²) in [6, 6.07) is 7.13. The third kappa shape index (κ3) is 5.70. The lowest BCUT2D eigenvalue weighted by molar-refractivity contribution is -0.120. The molecule has 0 radical (unpaired) electrons. The molecule has 0 fully saturated rings. The van der Waals surface area contributed by atoms with Gasteiger partial charge in [0.1, 0.15) is 0 Å². The van der Waals surface area contributed by atoms with E-state index >= 15 is 0 Å². The molecule has 0 aliphatic rings. The quantitative estimate of drug-likeness (QED) is 0.502. The van der Waals surface area contributed by atoms with Crippen LogP contribution >= 0.6 is 0 Å². The lowest BCUT2D eigenvalue weighted by Crippen LogP contribution is -2.28. The van der Waals surface area contributed by atoms with E-state index in [0.717, 1.165) is 5.56 Å². The minimum atomic E-state index is -0.158. The number of rotatable bonds is 6. The minimum Gasteiger partial charge on any atom is -0.359 e. The number of nitrogens with one attached hydrogen (secondary N) is 3. The van der Waals surface area contributed by atoms with Crippen molar-refractivity contribution in [3.8, 4) is 12.3 Å². The third-order valence-corrected chi connectivity index (χ3v) is 2.39. The van der Waals surface area contributed by atoms with E-state index in [2.05, 4.69) is 21.9 Å². The molecule has 0 heterocycles. The van der Waals surface area contributed by atoms with E-state index in [1.807, 2.05) is 0 Å². The fraction of sp³-hybridized carbons (Fsp3) is 0.286. The Morgan fingerprint density at radius 1 is 1.21 bits per heavy atom. The summed E-state index contributed by atoms with van der Waals surface area (Å²) in [6.45, 7) is 0.530. The molecular weight excluding hydrogens is 242 g/mol. The molecule has 5 heteroatoms. The molecule has 0 spiro atoms. The zero-order valence-corrected chi connectivity index (χ0v) is 10.8. The van der Waals surface area contributed by atoms with Crippen LogP contribution in [0.4, 0.5) is 5.69 Å². The van der Waals surface area contributed by atoms with E-state index < -0.39 is 0 Å². The molecule has 1 aromatic rings. The molecule has 2 amide bonds. The van der Waals surface area contributed by atoms with Crippen molar-refractivity contribution in [3.63, 3.8) is 0 Å². The van der Waals surface area contributed by atoms with Crippen molar-refractivity contribution in [2.24, 2.45) is 0 Å². The van der Waals surface area contributed by atoms with Crippen molar-refractivity contribution in [1.29, 1.82) is 0 Å².